The molecule has 1 aromatic heterocycles. The standard InChI is InChI=1S/C13H16F3N3/c14-13(15,16)5-3-11-18-10-4-6-17-7-9(10)12(19-11)8-1-2-8/h8,17H,1-7H2. The van der Waals surface area contributed by atoms with Crippen molar-refractivity contribution in [3.63, 3.8) is 0 Å². The van der Waals surface area contributed by atoms with Gasteiger partial charge in [-0.2, -0.15) is 13.2 Å². The third-order valence-corrected chi connectivity index (χ3v) is 3.61. The van der Waals surface area contributed by atoms with Crippen molar-refractivity contribution in [1.29, 1.82) is 0 Å². The van der Waals surface area contributed by atoms with Gasteiger partial charge in [0.15, 0.2) is 0 Å². The van der Waals surface area contributed by atoms with E-state index in [9.17, 15) is 13.2 Å². The molecule has 104 valence electrons. The van der Waals surface area contributed by atoms with Crippen LogP contribution in [0.1, 0.15) is 48.0 Å². The summed E-state index contributed by atoms with van der Waals surface area (Å²) < 4.78 is 36.9. The van der Waals surface area contributed by atoms with E-state index in [0.717, 1.165) is 49.3 Å². The second-order valence-corrected chi connectivity index (χ2v) is 5.27. The zero-order chi connectivity index (χ0) is 13.5. The first-order chi connectivity index (χ1) is 9.03. The molecule has 3 rings (SSSR count). The quantitative estimate of drug-likeness (QED) is 0.918. The molecular weight excluding hydrogens is 255 g/mol. The predicted molar refractivity (Wildman–Crippen MR) is 63.8 cm³/mol. The van der Waals surface area contributed by atoms with E-state index >= 15 is 0 Å². The number of hydrogen-bond donors (Lipinski definition) is 1. The van der Waals surface area contributed by atoms with Crippen LogP contribution in [-0.2, 0) is 19.4 Å². The Morgan fingerprint density at radius 2 is 2.00 bits per heavy atom. The van der Waals surface area contributed by atoms with E-state index in [2.05, 4.69) is 15.3 Å². The first-order valence-corrected chi connectivity index (χ1v) is 6.69. The molecule has 0 unspecified atom stereocenters. The Balaban J connectivity index is 1.86. The van der Waals surface area contributed by atoms with Crippen LogP contribution in [0.15, 0.2) is 0 Å². The Morgan fingerprint density at radius 3 is 2.68 bits per heavy atom. The highest BCUT2D eigenvalue weighted by Gasteiger charge is 2.32. The molecule has 0 bridgehead atoms. The van der Waals surface area contributed by atoms with Crippen molar-refractivity contribution >= 4 is 0 Å². The van der Waals surface area contributed by atoms with Crippen molar-refractivity contribution in [2.45, 2.75) is 50.7 Å². The summed E-state index contributed by atoms with van der Waals surface area (Å²) >= 11 is 0. The zero-order valence-electron chi connectivity index (χ0n) is 10.6. The third kappa shape index (κ3) is 3.05. The van der Waals surface area contributed by atoms with Gasteiger partial charge in [0, 0.05) is 37.4 Å². The minimum absolute atomic E-state index is 0.107. The van der Waals surface area contributed by atoms with E-state index in [0.29, 0.717) is 11.7 Å². The van der Waals surface area contributed by atoms with E-state index in [1.165, 1.54) is 0 Å². The fourth-order valence-electron chi connectivity index (χ4n) is 2.48. The Morgan fingerprint density at radius 1 is 1.21 bits per heavy atom. The maximum Gasteiger partial charge on any atom is 0.389 e. The maximum atomic E-state index is 12.3. The van der Waals surface area contributed by atoms with Crippen LogP contribution < -0.4 is 5.32 Å². The molecular formula is C13H16F3N3. The zero-order valence-corrected chi connectivity index (χ0v) is 10.6. The van der Waals surface area contributed by atoms with Crippen molar-refractivity contribution in [2.24, 2.45) is 0 Å². The van der Waals surface area contributed by atoms with Gasteiger partial charge in [0.1, 0.15) is 5.82 Å². The van der Waals surface area contributed by atoms with Gasteiger partial charge < -0.3 is 5.32 Å². The van der Waals surface area contributed by atoms with Gasteiger partial charge in [0.2, 0.25) is 0 Å². The van der Waals surface area contributed by atoms with Crippen molar-refractivity contribution in [3.8, 4) is 0 Å². The lowest BCUT2D eigenvalue weighted by Gasteiger charge is -2.20. The lowest BCUT2D eigenvalue weighted by atomic mass is 10.0. The first kappa shape index (κ1) is 12.8. The number of halogens is 3. The number of hydrogen-bond acceptors (Lipinski definition) is 3. The summed E-state index contributed by atoms with van der Waals surface area (Å²) in [5.41, 5.74) is 3.08. The summed E-state index contributed by atoms with van der Waals surface area (Å²) in [6, 6.07) is 0. The molecule has 6 heteroatoms. The van der Waals surface area contributed by atoms with Gasteiger partial charge >= 0.3 is 6.18 Å². The summed E-state index contributed by atoms with van der Waals surface area (Å²) in [6.45, 7) is 1.59. The highest BCUT2D eigenvalue weighted by atomic mass is 19.4. The second-order valence-electron chi connectivity index (χ2n) is 5.27. The molecule has 1 aliphatic carbocycles. The molecule has 3 nitrogen and oxygen atoms in total. The monoisotopic (exact) mass is 271 g/mol. The molecule has 0 saturated heterocycles. The van der Waals surface area contributed by atoms with Crippen LogP contribution >= 0.6 is 0 Å². The highest BCUT2D eigenvalue weighted by Crippen LogP contribution is 2.41. The average Bonchev–Trinajstić information content (AvgIpc) is 3.19. The highest BCUT2D eigenvalue weighted by molar-refractivity contribution is 5.33. The van der Waals surface area contributed by atoms with Crippen molar-refractivity contribution in [1.82, 2.24) is 15.3 Å². The van der Waals surface area contributed by atoms with Gasteiger partial charge in [-0.25, -0.2) is 9.97 Å². The average molecular weight is 271 g/mol. The molecule has 2 heterocycles. The molecule has 1 fully saturated rings. The summed E-state index contributed by atoms with van der Waals surface area (Å²) in [5, 5.41) is 3.28. The summed E-state index contributed by atoms with van der Waals surface area (Å²) in [4.78, 5) is 8.74. The van der Waals surface area contributed by atoms with E-state index in [1.54, 1.807) is 0 Å². The number of aromatic nitrogens is 2. The molecule has 0 radical (unpaired) electrons. The Labute approximate surface area is 109 Å². The minimum Gasteiger partial charge on any atom is -0.312 e. The van der Waals surface area contributed by atoms with E-state index in [-0.39, 0.29) is 6.42 Å². The molecule has 0 atom stereocenters. The van der Waals surface area contributed by atoms with Gasteiger partial charge in [-0.05, 0) is 12.8 Å². The van der Waals surface area contributed by atoms with Crippen LogP contribution in [0.4, 0.5) is 13.2 Å². The summed E-state index contributed by atoms with van der Waals surface area (Å²) in [7, 11) is 0. The van der Waals surface area contributed by atoms with E-state index in [4.69, 9.17) is 0 Å². The Bertz CT molecular complexity index is 481. The topological polar surface area (TPSA) is 37.8 Å². The van der Waals surface area contributed by atoms with Gasteiger partial charge in [0.25, 0.3) is 0 Å². The second kappa shape index (κ2) is 4.74. The normalized spacial score (nSPS) is 19.3. The number of alkyl halides is 3. The van der Waals surface area contributed by atoms with Crippen LogP contribution in [-0.4, -0.2) is 22.7 Å². The van der Waals surface area contributed by atoms with Crippen molar-refractivity contribution in [3.05, 3.63) is 22.8 Å². The van der Waals surface area contributed by atoms with E-state index in [1.807, 2.05) is 0 Å². The fourth-order valence-corrected chi connectivity index (χ4v) is 2.48. The van der Waals surface area contributed by atoms with Crippen LogP contribution in [0.2, 0.25) is 0 Å². The third-order valence-electron chi connectivity index (χ3n) is 3.61. The fraction of sp³-hybridized carbons (Fsp3) is 0.692. The predicted octanol–water partition coefficient (Wildman–Crippen LogP) is 2.49. The van der Waals surface area contributed by atoms with Crippen LogP contribution in [0.5, 0.6) is 0 Å². The van der Waals surface area contributed by atoms with Crippen molar-refractivity contribution < 1.29 is 13.2 Å². The molecule has 1 N–H and O–H groups in total. The lowest BCUT2D eigenvalue weighted by Crippen LogP contribution is -2.27. The Hall–Kier alpha value is -1.17. The smallest absolute Gasteiger partial charge is 0.312 e. The molecule has 1 saturated carbocycles. The van der Waals surface area contributed by atoms with Gasteiger partial charge in [-0.15, -0.1) is 0 Å². The number of nitrogens with zero attached hydrogens (tertiary/aromatic N) is 2. The van der Waals surface area contributed by atoms with Gasteiger partial charge in [-0.1, -0.05) is 0 Å². The number of fused-ring (bicyclic) bond motifs is 1. The SMILES string of the molecule is FC(F)(F)CCc1nc2c(c(C3CC3)n1)CNCC2. The molecule has 1 aromatic rings. The van der Waals surface area contributed by atoms with Crippen LogP contribution in [0, 0.1) is 0 Å². The molecule has 2 aliphatic rings. The summed E-state index contributed by atoms with van der Waals surface area (Å²) in [5.74, 6) is 0.807. The van der Waals surface area contributed by atoms with Crippen molar-refractivity contribution in [2.75, 3.05) is 6.54 Å². The number of nitrogens with one attached hydrogen (secondary N) is 1. The molecule has 0 aromatic carbocycles. The summed E-state index contributed by atoms with van der Waals surface area (Å²) in [6.07, 6.45) is -2.10. The van der Waals surface area contributed by atoms with Gasteiger partial charge in [0.05, 0.1) is 17.8 Å². The van der Waals surface area contributed by atoms with Gasteiger partial charge in [-0.3, -0.25) is 0 Å². The molecule has 0 amide bonds. The molecule has 0 spiro atoms. The van der Waals surface area contributed by atoms with Crippen LogP contribution in [0.25, 0.3) is 0 Å². The number of aryl methyl sites for hydroxylation is 1. The lowest BCUT2D eigenvalue weighted by molar-refractivity contribution is -0.134. The van der Waals surface area contributed by atoms with E-state index < -0.39 is 12.6 Å². The molecule has 1 aliphatic heterocycles. The first-order valence-electron chi connectivity index (χ1n) is 6.69. The minimum atomic E-state index is -4.14. The maximum absolute atomic E-state index is 12.3. The van der Waals surface area contributed by atoms with Crippen LogP contribution in [0.3, 0.4) is 0 Å². The number of rotatable bonds is 3. The largest absolute Gasteiger partial charge is 0.389 e. The Kier molecular flexibility index (Phi) is 3.20. The molecule has 19 heavy (non-hydrogen) atoms.